The van der Waals surface area contributed by atoms with Crippen LogP contribution < -0.4 is 11.3 Å². The number of nitrogens with two attached hydrogens (primary N) is 1. The maximum absolute atomic E-state index is 5.87. The van der Waals surface area contributed by atoms with E-state index < -0.39 is 0 Å². The molecule has 1 unspecified atom stereocenters. The van der Waals surface area contributed by atoms with Gasteiger partial charge in [0.25, 0.3) is 0 Å². The highest BCUT2D eigenvalue weighted by molar-refractivity contribution is 6.30. The Bertz CT molecular complexity index is 346. The summed E-state index contributed by atoms with van der Waals surface area (Å²) in [6, 6.07) is 8.08. The van der Waals surface area contributed by atoms with Crippen LogP contribution in [0.2, 0.25) is 5.02 Å². The highest BCUT2D eigenvalue weighted by atomic mass is 35.5. The van der Waals surface area contributed by atoms with Gasteiger partial charge in [0.05, 0.1) is 0 Å². The molecule has 17 heavy (non-hydrogen) atoms. The lowest BCUT2D eigenvalue weighted by Gasteiger charge is -2.40. The van der Waals surface area contributed by atoms with E-state index in [1.807, 2.05) is 24.3 Å². The Labute approximate surface area is 109 Å². The van der Waals surface area contributed by atoms with E-state index in [0.717, 1.165) is 11.4 Å². The molecule has 0 amide bonds. The highest BCUT2D eigenvalue weighted by Gasteiger charge is 2.30. The first kappa shape index (κ1) is 14.5. The Hall–Kier alpha value is -0.610. The third-order valence-electron chi connectivity index (χ3n) is 3.56. The topological polar surface area (TPSA) is 41.3 Å². The predicted octanol–water partition coefficient (Wildman–Crippen LogP) is 2.05. The summed E-state index contributed by atoms with van der Waals surface area (Å²) >= 11 is 5.87. The second-order valence-corrected chi connectivity index (χ2v) is 5.53. The van der Waals surface area contributed by atoms with Crippen molar-refractivity contribution in [2.45, 2.75) is 31.8 Å². The molecule has 0 aromatic heterocycles. The first-order valence-corrected chi connectivity index (χ1v) is 6.13. The van der Waals surface area contributed by atoms with Crippen LogP contribution in [-0.2, 0) is 6.42 Å². The van der Waals surface area contributed by atoms with Crippen LogP contribution in [0.5, 0.6) is 0 Å². The summed E-state index contributed by atoms with van der Waals surface area (Å²) < 4.78 is 0. The van der Waals surface area contributed by atoms with Gasteiger partial charge in [-0.15, -0.1) is 0 Å². The van der Waals surface area contributed by atoms with Crippen LogP contribution in [0.1, 0.15) is 19.4 Å². The molecule has 1 aromatic carbocycles. The zero-order valence-electron chi connectivity index (χ0n) is 11.0. The van der Waals surface area contributed by atoms with Gasteiger partial charge in [0, 0.05) is 16.6 Å². The summed E-state index contributed by atoms with van der Waals surface area (Å²) in [6.07, 6.45) is 0.874. The van der Waals surface area contributed by atoms with Gasteiger partial charge in [-0.05, 0) is 52.1 Å². The molecule has 1 aromatic rings. The number of halogens is 1. The van der Waals surface area contributed by atoms with E-state index in [0.29, 0.717) is 0 Å². The van der Waals surface area contributed by atoms with E-state index >= 15 is 0 Å². The molecule has 0 fully saturated rings. The zero-order valence-corrected chi connectivity index (χ0v) is 11.8. The van der Waals surface area contributed by atoms with Crippen molar-refractivity contribution in [2.24, 2.45) is 5.84 Å². The molecule has 3 N–H and O–H groups in total. The summed E-state index contributed by atoms with van der Waals surface area (Å²) in [5, 5.41) is 0.762. The minimum atomic E-state index is -0.0195. The number of benzene rings is 1. The lowest BCUT2D eigenvalue weighted by molar-refractivity contribution is 0.137. The summed E-state index contributed by atoms with van der Waals surface area (Å²) in [6.45, 7) is 4.35. The molecule has 0 aliphatic rings. The normalized spacial score (nSPS) is 14.1. The molecule has 3 nitrogen and oxygen atoms in total. The third-order valence-corrected chi connectivity index (χ3v) is 3.81. The average Bonchev–Trinajstić information content (AvgIpc) is 2.27. The molecule has 1 rings (SSSR count). The quantitative estimate of drug-likeness (QED) is 0.625. The van der Waals surface area contributed by atoms with E-state index in [1.165, 1.54) is 5.56 Å². The lowest BCUT2D eigenvalue weighted by Crippen LogP contribution is -2.58. The molecule has 4 heteroatoms. The van der Waals surface area contributed by atoms with Crippen LogP contribution in [0.4, 0.5) is 0 Å². The molecule has 0 radical (unpaired) electrons. The zero-order chi connectivity index (χ0) is 13.1. The van der Waals surface area contributed by atoms with Gasteiger partial charge in [0.1, 0.15) is 0 Å². The van der Waals surface area contributed by atoms with Gasteiger partial charge in [-0.3, -0.25) is 11.3 Å². The minimum Gasteiger partial charge on any atom is -0.303 e. The van der Waals surface area contributed by atoms with Crippen LogP contribution in [0.25, 0.3) is 0 Å². The monoisotopic (exact) mass is 255 g/mol. The maximum Gasteiger partial charge on any atom is 0.0429 e. The van der Waals surface area contributed by atoms with Gasteiger partial charge in [-0.1, -0.05) is 23.7 Å². The van der Waals surface area contributed by atoms with Crippen LogP contribution in [0, 0.1) is 0 Å². The minimum absolute atomic E-state index is 0.0195. The predicted molar refractivity (Wildman–Crippen MR) is 74.0 cm³/mol. The number of hydrazine groups is 1. The lowest BCUT2D eigenvalue weighted by atomic mass is 9.88. The van der Waals surface area contributed by atoms with Gasteiger partial charge in [-0.25, -0.2) is 0 Å². The fourth-order valence-corrected chi connectivity index (χ4v) is 1.81. The van der Waals surface area contributed by atoms with Gasteiger partial charge in [0.15, 0.2) is 0 Å². The molecule has 0 spiro atoms. The number of nitrogens with one attached hydrogen (secondary N) is 1. The molecular formula is C13H22ClN3. The Kier molecular flexibility index (Phi) is 4.95. The Morgan fingerprint density at radius 2 is 1.82 bits per heavy atom. The first-order valence-electron chi connectivity index (χ1n) is 5.76. The fraction of sp³-hybridized carbons (Fsp3) is 0.538. The van der Waals surface area contributed by atoms with E-state index in [-0.39, 0.29) is 11.6 Å². The van der Waals surface area contributed by atoms with Crippen molar-refractivity contribution in [3.05, 3.63) is 34.9 Å². The molecule has 0 aliphatic carbocycles. The molecule has 0 aliphatic heterocycles. The molecule has 0 bridgehead atoms. The molecule has 0 saturated heterocycles. The summed E-state index contributed by atoms with van der Waals surface area (Å²) in [7, 11) is 4.12. The summed E-state index contributed by atoms with van der Waals surface area (Å²) in [5.74, 6) is 5.67. The first-order chi connectivity index (χ1) is 7.87. The van der Waals surface area contributed by atoms with E-state index in [2.05, 4.69) is 38.3 Å². The second kappa shape index (κ2) is 5.83. The van der Waals surface area contributed by atoms with Crippen molar-refractivity contribution in [1.29, 1.82) is 0 Å². The van der Waals surface area contributed by atoms with Crippen molar-refractivity contribution < 1.29 is 0 Å². The standard InChI is InChI=1S/C13H22ClN3/c1-13(2,17(3)4)12(16-15)9-10-5-7-11(14)8-6-10/h5-8,12,16H,9,15H2,1-4H3. The smallest absolute Gasteiger partial charge is 0.0429 e. The van der Waals surface area contributed by atoms with Crippen molar-refractivity contribution >= 4 is 11.6 Å². The van der Waals surface area contributed by atoms with Crippen molar-refractivity contribution in [1.82, 2.24) is 10.3 Å². The highest BCUT2D eigenvalue weighted by Crippen LogP contribution is 2.20. The molecule has 96 valence electrons. The van der Waals surface area contributed by atoms with Crippen molar-refractivity contribution in [3.8, 4) is 0 Å². The van der Waals surface area contributed by atoms with Crippen molar-refractivity contribution in [3.63, 3.8) is 0 Å². The van der Waals surface area contributed by atoms with Crippen LogP contribution in [-0.4, -0.2) is 30.6 Å². The maximum atomic E-state index is 5.87. The van der Waals surface area contributed by atoms with E-state index in [9.17, 15) is 0 Å². The van der Waals surface area contributed by atoms with Crippen LogP contribution in [0.3, 0.4) is 0 Å². The molecule has 0 saturated carbocycles. The Balaban J connectivity index is 2.80. The van der Waals surface area contributed by atoms with Gasteiger partial charge in [0.2, 0.25) is 0 Å². The molecule has 0 heterocycles. The Morgan fingerprint density at radius 3 is 2.24 bits per heavy atom. The van der Waals surface area contributed by atoms with E-state index in [1.54, 1.807) is 0 Å². The third kappa shape index (κ3) is 3.68. The van der Waals surface area contributed by atoms with Gasteiger partial charge in [-0.2, -0.15) is 0 Å². The van der Waals surface area contributed by atoms with Gasteiger partial charge < -0.3 is 4.90 Å². The summed E-state index contributed by atoms with van der Waals surface area (Å²) in [5.41, 5.74) is 4.12. The number of nitrogens with zero attached hydrogens (tertiary/aromatic N) is 1. The fourth-order valence-electron chi connectivity index (χ4n) is 1.68. The van der Waals surface area contributed by atoms with Crippen LogP contribution >= 0.6 is 11.6 Å². The van der Waals surface area contributed by atoms with Crippen LogP contribution in [0.15, 0.2) is 24.3 Å². The average molecular weight is 256 g/mol. The largest absolute Gasteiger partial charge is 0.303 e. The van der Waals surface area contributed by atoms with Crippen molar-refractivity contribution in [2.75, 3.05) is 14.1 Å². The number of hydrogen-bond acceptors (Lipinski definition) is 3. The number of rotatable bonds is 5. The molecule has 1 atom stereocenters. The SMILES string of the molecule is CN(C)C(C)(C)C(Cc1ccc(Cl)cc1)NN. The van der Waals surface area contributed by atoms with E-state index in [4.69, 9.17) is 17.4 Å². The number of likely N-dealkylation sites (N-methyl/N-ethyl adjacent to an activating group) is 1. The summed E-state index contributed by atoms with van der Waals surface area (Å²) in [4.78, 5) is 2.17. The second-order valence-electron chi connectivity index (χ2n) is 5.10. The van der Waals surface area contributed by atoms with Gasteiger partial charge >= 0.3 is 0 Å². The Morgan fingerprint density at radius 1 is 1.29 bits per heavy atom. The molecular weight excluding hydrogens is 234 g/mol. The number of hydrogen-bond donors (Lipinski definition) is 2.